The second kappa shape index (κ2) is 7.52. The molecule has 0 radical (unpaired) electrons. The van der Waals surface area contributed by atoms with Crippen LogP contribution in [0.25, 0.3) is 5.69 Å². The Labute approximate surface area is 155 Å². The largest absolute Gasteiger partial charge is 0.328 e. The molecule has 0 fully saturated rings. The molecular weight excluding hydrogens is 356 g/mol. The number of carbonyl (C=O) groups is 1. The number of carbonyl (C=O) groups excluding carboxylic acids is 1. The van der Waals surface area contributed by atoms with Crippen molar-refractivity contribution in [2.45, 2.75) is 32.9 Å². The third kappa shape index (κ3) is 3.83. The van der Waals surface area contributed by atoms with E-state index in [2.05, 4.69) is 30.9 Å². The molecule has 10 heteroatoms. The van der Waals surface area contributed by atoms with Crippen molar-refractivity contribution in [3.05, 3.63) is 48.0 Å². The summed E-state index contributed by atoms with van der Waals surface area (Å²) in [6.07, 6.45) is 4.61. The minimum absolute atomic E-state index is 0.194. The van der Waals surface area contributed by atoms with E-state index in [9.17, 15) is 4.79 Å². The molecule has 3 rings (SSSR count). The summed E-state index contributed by atoms with van der Waals surface area (Å²) in [5, 5.41) is 18.3. The number of nitrogens with zero attached hydrogens (tertiary/aromatic N) is 6. The van der Waals surface area contributed by atoms with E-state index in [1.54, 1.807) is 35.5 Å². The molecule has 2 amide bonds. The predicted octanol–water partition coefficient (Wildman–Crippen LogP) is 2.98. The molecule has 0 aliphatic rings. The topological polar surface area (TPSA) is 103 Å². The van der Waals surface area contributed by atoms with Gasteiger partial charge in [-0.15, -0.1) is 10.2 Å². The van der Waals surface area contributed by atoms with Crippen LogP contribution >= 0.6 is 11.6 Å². The molecule has 2 heterocycles. The van der Waals surface area contributed by atoms with E-state index >= 15 is 0 Å². The summed E-state index contributed by atoms with van der Waals surface area (Å²) < 4.78 is 3.45. The lowest BCUT2D eigenvalue weighted by molar-refractivity contribution is 0.248. The van der Waals surface area contributed by atoms with E-state index in [1.165, 1.54) is 6.33 Å². The van der Waals surface area contributed by atoms with E-state index < -0.39 is 0 Å². The molecule has 0 saturated carbocycles. The van der Waals surface area contributed by atoms with Crippen LogP contribution in [0.15, 0.2) is 37.2 Å². The van der Waals surface area contributed by atoms with Crippen molar-refractivity contribution in [2.24, 2.45) is 0 Å². The van der Waals surface area contributed by atoms with Gasteiger partial charge in [-0.3, -0.25) is 0 Å². The first kappa shape index (κ1) is 17.9. The van der Waals surface area contributed by atoms with E-state index in [0.717, 1.165) is 0 Å². The summed E-state index contributed by atoms with van der Waals surface area (Å²) in [5.74, 6) is 0.678. The quantitative estimate of drug-likeness (QED) is 0.714. The zero-order valence-electron chi connectivity index (χ0n) is 14.6. The second-order valence-corrected chi connectivity index (χ2v) is 6.45. The predicted molar refractivity (Wildman–Crippen MR) is 97.3 cm³/mol. The first-order valence-corrected chi connectivity index (χ1v) is 8.45. The molecule has 3 aromatic rings. The van der Waals surface area contributed by atoms with Gasteiger partial charge in [0.25, 0.3) is 0 Å². The van der Waals surface area contributed by atoms with Gasteiger partial charge < -0.3 is 15.2 Å². The number of urea groups is 1. The minimum Gasteiger partial charge on any atom is -0.328 e. The van der Waals surface area contributed by atoms with Gasteiger partial charge >= 0.3 is 6.03 Å². The Morgan fingerprint density at radius 3 is 2.73 bits per heavy atom. The maximum Gasteiger partial charge on any atom is 0.319 e. The first-order chi connectivity index (χ1) is 12.5. The summed E-state index contributed by atoms with van der Waals surface area (Å²) in [7, 11) is 0. The van der Waals surface area contributed by atoms with Gasteiger partial charge in [0.1, 0.15) is 19.0 Å². The van der Waals surface area contributed by atoms with E-state index in [-0.39, 0.29) is 18.1 Å². The lowest BCUT2D eigenvalue weighted by Crippen LogP contribution is -2.33. The van der Waals surface area contributed by atoms with Crippen molar-refractivity contribution in [1.82, 2.24) is 34.8 Å². The molecule has 136 valence electrons. The highest BCUT2D eigenvalue weighted by atomic mass is 35.5. The Balaban J connectivity index is 1.76. The van der Waals surface area contributed by atoms with Crippen molar-refractivity contribution in [1.29, 1.82) is 0 Å². The third-order valence-electron chi connectivity index (χ3n) is 3.76. The SMILES string of the molecule is CC(NC(=O)Nc1cc(Cl)ccc1-n1cncn1)c1nncn1C(C)C. The van der Waals surface area contributed by atoms with E-state index in [0.29, 0.717) is 22.2 Å². The third-order valence-corrected chi connectivity index (χ3v) is 4.00. The number of nitrogens with one attached hydrogen (secondary N) is 2. The average Bonchev–Trinajstić information content (AvgIpc) is 3.26. The van der Waals surface area contributed by atoms with Crippen molar-refractivity contribution in [2.75, 3.05) is 5.32 Å². The summed E-state index contributed by atoms with van der Waals surface area (Å²) in [6, 6.07) is 4.60. The van der Waals surface area contributed by atoms with Gasteiger partial charge in [-0.25, -0.2) is 14.5 Å². The number of rotatable bonds is 5. The molecular formula is C16H19ClN8O. The van der Waals surface area contributed by atoms with Crippen LogP contribution in [0.4, 0.5) is 10.5 Å². The van der Waals surface area contributed by atoms with Crippen molar-refractivity contribution in [3.8, 4) is 5.69 Å². The van der Waals surface area contributed by atoms with Crippen molar-refractivity contribution < 1.29 is 4.79 Å². The standard InChI is InChI=1S/C16H19ClN8O/c1-10(2)24-9-19-23-15(24)11(3)21-16(26)22-13-6-12(17)4-5-14(13)25-8-18-7-20-25/h4-11H,1-3H3,(H2,21,22,26). The normalized spacial score (nSPS) is 12.2. The molecule has 0 spiro atoms. The van der Waals surface area contributed by atoms with Crippen molar-refractivity contribution in [3.63, 3.8) is 0 Å². The van der Waals surface area contributed by atoms with Gasteiger partial charge in [-0.1, -0.05) is 11.6 Å². The molecule has 0 bridgehead atoms. The average molecular weight is 375 g/mol. The van der Waals surface area contributed by atoms with Crippen LogP contribution in [0.2, 0.25) is 5.02 Å². The van der Waals surface area contributed by atoms with Gasteiger partial charge in [0, 0.05) is 11.1 Å². The zero-order valence-corrected chi connectivity index (χ0v) is 15.3. The van der Waals surface area contributed by atoms with E-state index in [1.807, 2.05) is 25.3 Å². The van der Waals surface area contributed by atoms with Gasteiger partial charge in [0.2, 0.25) is 0 Å². The van der Waals surface area contributed by atoms with E-state index in [4.69, 9.17) is 11.6 Å². The van der Waals surface area contributed by atoms with Crippen LogP contribution in [-0.4, -0.2) is 35.6 Å². The molecule has 26 heavy (non-hydrogen) atoms. The Morgan fingerprint density at radius 1 is 1.23 bits per heavy atom. The number of hydrogen-bond donors (Lipinski definition) is 2. The highest BCUT2D eigenvalue weighted by Gasteiger charge is 2.18. The Kier molecular flexibility index (Phi) is 5.17. The molecule has 0 aliphatic heterocycles. The number of aromatic nitrogens is 6. The molecule has 1 unspecified atom stereocenters. The highest BCUT2D eigenvalue weighted by Crippen LogP contribution is 2.24. The molecule has 2 aromatic heterocycles. The highest BCUT2D eigenvalue weighted by molar-refractivity contribution is 6.31. The molecule has 1 aromatic carbocycles. The van der Waals surface area contributed by atoms with Gasteiger partial charge in [-0.05, 0) is 39.0 Å². The van der Waals surface area contributed by atoms with Crippen LogP contribution in [0, 0.1) is 0 Å². The van der Waals surface area contributed by atoms with Gasteiger partial charge in [-0.2, -0.15) is 5.10 Å². The van der Waals surface area contributed by atoms with Crippen LogP contribution in [0.5, 0.6) is 0 Å². The Morgan fingerprint density at radius 2 is 2.04 bits per heavy atom. The van der Waals surface area contributed by atoms with Crippen LogP contribution < -0.4 is 10.6 Å². The minimum atomic E-state index is -0.389. The summed E-state index contributed by atoms with van der Waals surface area (Å²) in [6.45, 7) is 5.89. The monoisotopic (exact) mass is 374 g/mol. The number of benzene rings is 1. The lowest BCUT2D eigenvalue weighted by Gasteiger charge is -2.18. The number of anilines is 1. The number of hydrogen-bond acceptors (Lipinski definition) is 5. The lowest BCUT2D eigenvalue weighted by atomic mass is 10.2. The Hall–Kier alpha value is -2.94. The summed E-state index contributed by atoms with van der Waals surface area (Å²) in [4.78, 5) is 16.4. The maximum atomic E-state index is 12.5. The van der Waals surface area contributed by atoms with Gasteiger partial charge in [0.15, 0.2) is 5.82 Å². The summed E-state index contributed by atoms with van der Waals surface area (Å²) in [5.41, 5.74) is 1.16. The zero-order chi connectivity index (χ0) is 18.7. The first-order valence-electron chi connectivity index (χ1n) is 8.07. The van der Waals surface area contributed by atoms with Crippen LogP contribution in [0.3, 0.4) is 0 Å². The molecule has 9 nitrogen and oxygen atoms in total. The molecule has 0 aliphatic carbocycles. The van der Waals surface area contributed by atoms with Gasteiger partial charge in [0.05, 0.1) is 17.4 Å². The smallest absolute Gasteiger partial charge is 0.319 e. The fourth-order valence-corrected chi connectivity index (χ4v) is 2.69. The van der Waals surface area contributed by atoms with Crippen LogP contribution in [-0.2, 0) is 0 Å². The number of amides is 2. The Bertz CT molecular complexity index is 890. The maximum absolute atomic E-state index is 12.5. The van der Waals surface area contributed by atoms with Crippen molar-refractivity contribution >= 4 is 23.3 Å². The fourth-order valence-electron chi connectivity index (χ4n) is 2.52. The molecule has 1 atom stereocenters. The fraction of sp³-hybridized carbons (Fsp3) is 0.312. The molecule has 2 N–H and O–H groups in total. The second-order valence-electron chi connectivity index (χ2n) is 6.01. The summed E-state index contributed by atoms with van der Waals surface area (Å²) >= 11 is 6.07. The molecule has 0 saturated heterocycles. The number of halogens is 1. The van der Waals surface area contributed by atoms with Crippen LogP contribution in [0.1, 0.15) is 38.7 Å².